The van der Waals surface area contributed by atoms with Gasteiger partial charge in [0, 0.05) is 12.4 Å². The molecular weight excluding hydrogens is 398 g/mol. The van der Waals surface area contributed by atoms with Crippen molar-refractivity contribution in [2.75, 3.05) is 6.61 Å². The molecule has 1 aromatic carbocycles. The molecule has 0 amide bonds. The molecule has 2 aromatic rings. The second-order valence-corrected chi connectivity index (χ2v) is 8.27. The Morgan fingerprint density at radius 2 is 1.22 bits per heavy atom. The van der Waals surface area contributed by atoms with Crippen LogP contribution in [-0.4, -0.2) is 22.7 Å². The first-order valence-corrected chi connectivity index (χ1v) is 12.6. The number of aromatic nitrogens is 1. The lowest BCUT2D eigenvalue weighted by Crippen LogP contribution is -2.04. The highest BCUT2D eigenvalue weighted by atomic mass is 16.5. The first-order chi connectivity index (χ1) is 15.8. The molecule has 1 aromatic heterocycles. The molecule has 1 heterocycles. The van der Waals surface area contributed by atoms with Gasteiger partial charge in [0.2, 0.25) is 0 Å². The van der Waals surface area contributed by atoms with Gasteiger partial charge in [0.05, 0.1) is 6.61 Å². The summed E-state index contributed by atoms with van der Waals surface area (Å²) in [5.41, 5.74) is 0.248. The summed E-state index contributed by atoms with van der Waals surface area (Å²) in [7, 11) is 0. The molecule has 0 spiro atoms. The highest BCUT2D eigenvalue weighted by Crippen LogP contribution is 2.18. The number of aromatic carboxylic acids is 1. The standard InChI is InChI=1S/C23H38O3.C5H5N/c1-2-3-4-5-6-7-8-9-10-11-12-13-14-17-20-26-22-19-16-15-18-21(22)23(24)25;1-2-4-6-5-3-1/h15-16,18-19H,2-14,17,20H2,1H3,(H,24,25);1-5H. The normalized spacial score (nSPS) is 10.3. The Bertz CT molecular complexity index is 649. The van der Waals surface area contributed by atoms with Crippen LogP contribution in [0.2, 0.25) is 0 Å². The minimum atomic E-state index is -0.929. The summed E-state index contributed by atoms with van der Waals surface area (Å²) in [6.07, 6.45) is 22.1. The summed E-state index contributed by atoms with van der Waals surface area (Å²) in [6.45, 7) is 2.87. The number of pyridine rings is 1. The molecular formula is C28H43NO3. The summed E-state index contributed by atoms with van der Waals surface area (Å²) in [5, 5.41) is 9.11. The van der Waals surface area contributed by atoms with Crippen LogP contribution in [0, 0.1) is 0 Å². The topological polar surface area (TPSA) is 59.4 Å². The third-order valence-electron chi connectivity index (χ3n) is 5.44. The molecule has 0 fully saturated rings. The molecule has 0 radical (unpaired) electrons. The monoisotopic (exact) mass is 441 g/mol. The lowest BCUT2D eigenvalue weighted by Gasteiger charge is -2.08. The van der Waals surface area contributed by atoms with Crippen molar-refractivity contribution in [2.45, 2.75) is 96.8 Å². The zero-order valence-corrected chi connectivity index (χ0v) is 20.0. The number of rotatable bonds is 17. The molecule has 0 unspecified atom stereocenters. The van der Waals surface area contributed by atoms with Gasteiger partial charge >= 0.3 is 5.97 Å². The quantitative estimate of drug-likeness (QED) is 0.251. The number of para-hydroxylation sites is 1. The van der Waals surface area contributed by atoms with E-state index in [1.807, 2.05) is 24.3 Å². The predicted octanol–water partition coefficient (Wildman–Crippen LogP) is 8.33. The van der Waals surface area contributed by atoms with Gasteiger partial charge in [-0.1, -0.05) is 109 Å². The van der Waals surface area contributed by atoms with Crippen LogP contribution in [0.3, 0.4) is 0 Å². The lowest BCUT2D eigenvalue weighted by molar-refractivity contribution is 0.0692. The van der Waals surface area contributed by atoms with Gasteiger partial charge in [0.25, 0.3) is 0 Å². The van der Waals surface area contributed by atoms with Gasteiger partial charge in [-0.25, -0.2) is 4.79 Å². The smallest absolute Gasteiger partial charge is 0.339 e. The van der Waals surface area contributed by atoms with Crippen molar-refractivity contribution in [2.24, 2.45) is 0 Å². The largest absolute Gasteiger partial charge is 0.493 e. The third-order valence-corrected chi connectivity index (χ3v) is 5.44. The molecule has 1 N–H and O–H groups in total. The second-order valence-electron chi connectivity index (χ2n) is 8.27. The van der Waals surface area contributed by atoms with Crippen LogP contribution in [0.1, 0.15) is 107 Å². The molecule has 0 saturated heterocycles. The first kappa shape index (κ1) is 27.7. The molecule has 178 valence electrons. The van der Waals surface area contributed by atoms with Crippen molar-refractivity contribution in [3.8, 4) is 5.75 Å². The highest BCUT2D eigenvalue weighted by Gasteiger charge is 2.09. The SMILES string of the molecule is CCCCCCCCCCCCCCCCOc1ccccc1C(=O)O.c1ccncc1. The van der Waals surface area contributed by atoms with Gasteiger partial charge in [-0.3, -0.25) is 4.98 Å². The van der Waals surface area contributed by atoms with E-state index in [1.54, 1.807) is 30.6 Å². The molecule has 2 rings (SSSR count). The van der Waals surface area contributed by atoms with Gasteiger partial charge in [0.1, 0.15) is 11.3 Å². The predicted molar refractivity (Wildman–Crippen MR) is 133 cm³/mol. The molecule has 0 aliphatic carbocycles. The van der Waals surface area contributed by atoms with E-state index >= 15 is 0 Å². The van der Waals surface area contributed by atoms with E-state index in [4.69, 9.17) is 9.84 Å². The maximum absolute atomic E-state index is 11.1. The average molecular weight is 442 g/mol. The fourth-order valence-corrected chi connectivity index (χ4v) is 3.56. The number of benzene rings is 1. The van der Waals surface area contributed by atoms with Gasteiger partial charge in [-0.2, -0.15) is 0 Å². The number of carboxylic acids is 1. The number of carboxylic acid groups (broad SMARTS) is 1. The number of hydrogen-bond acceptors (Lipinski definition) is 3. The number of carbonyl (C=O) groups is 1. The van der Waals surface area contributed by atoms with E-state index < -0.39 is 5.97 Å². The minimum absolute atomic E-state index is 0.248. The Morgan fingerprint density at radius 3 is 1.66 bits per heavy atom. The van der Waals surface area contributed by atoms with Crippen molar-refractivity contribution in [1.82, 2.24) is 4.98 Å². The Balaban J connectivity index is 0.000000730. The van der Waals surface area contributed by atoms with Gasteiger partial charge in [-0.15, -0.1) is 0 Å². The highest BCUT2D eigenvalue weighted by molar-refractivity contribution is 5.90. The van der Waals surface area contributed by atoms with E-state index in [-0.39, 0.29) is 5.56 Å². The zero-order valence-electron chi connectivity index (χ0n) is 20.0. The maximum Gasteiger partial charge on any atom is 0.339 e. The fraction of sp³-hybridized carbons (Fsp3) is 0.571. The minimum Gasteiger partial charge on any atom is -0.493 e. The van der Waals surface area contributed by atoms with Crippen LogP contribution in [-0.2, 0) is 0 Å². The van der Waals surface area contributed by atoms with Gasteiger partial charge in [-0.05, 0) is 30.7 Å². The molecule has 32 heavy (non-hydrogen) atoms. The van der Waals surface area contributed by atoms with E-state index in [9.17, 15) is 4.79 Å². The van der Waals surface area contributed by atoms with Gasteiger partial charge < -0.3 is 9.84 Å². The van der Waals surface area contributed by atoms with E-state index in [0.29, 0.717) is 12.4 Å². The number of hydrogen-bond donors (Lipinski definition) is 1. The summed E-state index contributed by atoms with van der Waals surface area (Å²) in [5.74, 6) is -0.448. The van der Waals surface area contributed by atoms with E-state index in [0.717, 1.165) is 12.8 Å². The van der Waals surface area contributed by atoms with Gasteiger partial charge in [0.15, 0.2) is 0 Å². The van der Waals surface area contributed by atoms with E-state index in [2.05, 4.69) is 11.9 Å². The molecule has 4 nitrogen and oxygen atoms in total. The number of nitrogens with zero attached hydrogens (tertiary/aromatic N) is 1. The van der Waals surface area contributed by atoms with Crippen molar-refractivity contribution in [1.29, 1.82) is 0 Å². The third kappa shape index (κ3) is 15.4. The van der Waals surface area contributed by atoms with Crippen molar-refractivity contribution < 1.29 is 14.6 Å². The maximum atomic E-state index is 11.1. The molecule has 0 bridgehead atoms. The Labute approximate surface area is 195 Å². The van der Waals surface area contributed by atoms with Crippen LogP contribution in [0.25, 0.3) is 0 Å². The lowest BCUT2D eigenvalue weighted by atomic mass is 10.0. The summed E-state index contributed by atoms with van der Waals surface area (Å²) in [4.78, 5) is 14.9. The van der Waals surface area contributed by atoms with Crippen LogP contribution >= 0.6 is 0 Å². The first-order valence-electron chi connectivity index (χ1n) is 12.6. The number of ether oxygens (including phenoxy) is 1. The van der Waals surface area contributed by atoms with Crippen LogP contribution in [0.4, 0.5) is 0 Å². The van der Waals surface area contributed by atoms with Crippen molar-refractivity contribution >= 4 is 5.97 Å². The van der Waals surface area contributed by atoms with Crippen LogP contribution in [0.15, 0.2) is 54.9 Å². The fourth-order valence-electron chi connectivity index (χ4n) is 3.56. The molecule has 4 heteroatoms. The van der Waals surface area contributed by atoms with E-state index in [1.165, 1.54) is 77.0 Å². The number of unbranched alkanes of at least 4 members (excludes halogenated alkanes) is 13. The molecule has 0 atom stereocenters. The van der Waals surface area contributed by atoms with Crippen molar-refractivity contribution in [3.05, 3.63) is 60.4 Å². The molecule has 0 aliphatic rings. The summed E-state index contributed by atoms with van der Waals surface area (Å²) in [6, 6.07) is 12.6. The molecule has 0 aliphatic heterocycles. The second kappa shape index (κ2) is 20.5. The van der Waals surface area contributed by atoms with Crippen LogP contribution in [0.5, 0.6) is 5.75 Å². The van der Waals surface area contributed by atoms with Crippen molar-refractivity contribution in [3.63, 3.8) is 0 Å². The molecule has 0 saturated carbocycles. The Kier molecular flexibility index (Phi) is 17.8. The Hall–Kier alpha value is -2.36. The average Bonchev–Trinajstić information content (AvgIpc) is 2.83. The Morgan fingerprint density at radius 1 is 0.719 bits per heavy atom. The van der Waals surface area contributed by atoms with Crippen LogP contribution < -0.4 is 4.74 Å². The zero-order chi connectivity index (χ0) is 23.1. The summed E-state index contributed by atoms with van der Waals surface area (Å²) >= 11 is 0. The summed E-state index contributed by atoms with van der Waals surface area (Å²) < 4.78 is 5.62.